The topological polar surface area (TPSA) is 80.0 Å². The first kappa shape index (κ1) is 14.1. The second-order valence-corrected chi connectivity index (χ2v) is 6.32. The maximum Gasteiger partial charge on any atom is 0.321 e. The Morgan fingerprint density at radius 1 is 1.43 bits per heavy atom. The summed E-state index contributed by atoms with van der Waals surface area (Å²) in [6, 6.07) is 1.39. The minimum absolute atomic E-state index is 0.285. The Morgan fingerprint density at radius 2 is 2.29 bits per heavy atom. The molecule has 0 spiro atoms. The van der Waals surface area contributed by atoms with Gasteiger partial charge in [0.05, 0.1) is 16.4 Å². The Labute approximate surface area is 126 Å². The van der Waals surface area contributed by atoms with Crippen LogP contribution in [0.25, 0.3) is 0 Å². The molecule has 1 aliphatic rings. The second-order valence-electron chi connectivity index (χ2n) is 5.15. The molecule has 0 unspecified atom stereocenters. The number of fused-ring (bicyclic) bond motifs is 1. The number of nitrogens with zero attached hydrogens (tertiary/aromatic N) is 2. The van der Waals surface area contributed by atoms with Gasteiger partial charge in [-0.3, -0.25) is 5.32 Å². The molecule has 112 valence electrons. The van der Waals surface area contributed by atoms with Crippen LogP contribution < -0.4 is 10.6 Å². The molecular weight excluding hydrogens is 288 g/mol. The maximum atomic E-state index is 11.7. The molecule has 0 aromatic carbocycles. The number of aryl methyl sites for hydroxylation is 3. The molecule has 2 heterocycles. The summed E-state index contributed by atoms with van der Waals surface area (Å²) in [5, 5.41) is 10.2. The van der Waals surface area contributed by atoms with E-state index in [0.29, 0.717) is 12.4 Å². The van der Waals surface area contributed by atoms with Gasteiger partial charge in [-0.15, -0.1) is 11.3 Å². The molecule has 0 bridgehead atoms. The Morgan fingerprint density at radius 3 is 3.05 bits per heavy atom. The van der Waals surface area contributed by atoms with E-state index in [1.807, 2.05) is 0 Å². The van der Waals surface area contributed by atoms with Crippen LogP contribution in [0.1, 0.15) is 34.1 Å². The van der Waals surface area contributed by atoms with Gasteiger partial charge in [-0.1, -0.05) is 5.16 Å². The third-order valence-electron chi connectivity index (χ3n) is 3.38. The van der Waals surface area contributed by atoms with Gasteiger partial charge in [0.25, 0.3) is 0 Å². The van der Waals surface area contributed by atoms with Crippen molar-refractivity contribution < 1.29 is 9.32 Å². The number of amides is 2. The highest BCUT2D eigenvalue weighted by atomic mass is 32.1. The van der Waals surface area contributed by atoms with E-state index >= 15 is 0 Å². The third-order valence-corrected chi connectivity index (χ3v) is 4.60. The first-order valence-electron chi connectivity index (χ1n) is 7.16. The van der Waals surface area contributed by atoms with Gasteiger partial charge < -0.3 is 9.84 Å². The minimum Gasteiger partial charge on any atom is -0.338 e. The van der Waals surface area contributed by atoms with Crippen LogP contribution in [0.5, 0.6) is 0 Å². The summed E-state index contributed by atoms with van der Waals surface area (Å²) in [6.45, 7) is 2.36. The fourth-order valence-electron chi connectivity index (χ4n) is 2.37. The number of thiazole rings is 1. The largest absolute Gasteiger partial charge is 0.338 e. The van der Waals surface area contributed by atoms with Crippen molar-refractivity contribution in [2.75, 3.05) is 11.9 Å². The summed E-state index contributed by atoms with van der Waals surface area (Å²) in [4.78, 5) is 17.8. The molecule has 0 saturated carbocycles. The normalized spacial score (nSPS) is 13.8. The van der Waals surface area contributed by atoms with Crippen LogP contribution in [0.15, 0.2) is 10.6 Å². The highest BCUT2D eigenvalue weighted by molar-refractivity contribution is 7.11. The molecule has 2 amide bonds. The van der Waals surface area contributed by atoms with Gasteiger partial charge in [-0.2, -0.15) is 0 Å². The summed E-state index contributed by atoms with van der Waals surface area (Å²) in [5.41, 5.74) is 2.00. The highest BCUT2D eigenvalue weighted by Crippen LogP contribution is 2.26. The zero-order valence-corrected chi connectivity index (χ0v) is 12.8. The van der Waals surface area contributed by atoms with Crippen LogP contribution in [0.3, 0.4) is 0 Å². The van der Waals surface area contributed by atoms with Crippen molar-refractivity contribution in [2.24, 2.45) is 0 Å². The van der Waals surface area contributed by atoms with Crippen LogP contribution in [0.4, 0.5) is 10.7 Å². The van der Waals surface area contributed by atoms with E-state index in [0.717, 1.165) is 30.0 Å². The highest BCUT2D eigenvalue weighted by Gasteiger charge is 2.15. The van der Waals surface area contributed by atoms with Crippen LogP contribution in [-0.4, -0.2) is 22.7 Å². The molecule has 0 fully saturated rings. The lowest BCUT2D eigenvalue weighted by atomic mass is 10.0. The smallest absolute Gasteiger partial charge is 0.321 e. The number of hydrogen-bond donors (Lipinski definition) is 2. The Hall–Kier alpha value is -1.89. The third kappa shape index (κ3) is 3.60. The molecule has 21 heavy (non-hydrogen) atoms. The molecule has 2 N–H and O–H groups in total. The summed E-state index contributed by atoms with van der Waals surface area (Å²) < 4.78 is 4.92. The Kier molecular flexibility index (Phi) is 4.19. The molecule has 3 rings (SSSR count). The minimum atomic E-state index is -0.285. The molecule has 2 aromatic heterocycles. The van der Waals surface area contributed by atoms with Gasteiger partial charge in [0.15, 0.2) is 0 Å². The van der Waals surface area contributed by atoms with E-state index in [-0.39, 0.29) is 6.03 Å². The van der Waals surface area contributed by atoms with Crippen LogP contribution in [-0.2, 0) is 19.3 Å². The van der Waals surface area contributed by atoms with Crippen molar-refractivity contribution in [2.45, 2.75) is 39.0 Å². The number of anilines is 1. The number of nitrogens with one attached hydrogen (secondary N) is 2. The van der Waals surface area contributed by atoms with Crippen LogP contribution in [0.2, 0.25) is 0 Å². The van der Waals surface area contributed by atoms with Crippen molar-refractivity contribution in [1.29, 1.82) is 0 Å². The zero-order chi connectivity index (χ0) is 14.7. The van der Waals surface area contributed by atoms with Gasteiger partial charge in [-0.05, 0) is 32.6 Å². The average Bonchev–Trinajstić information content (AvgIpc) is 3.04. The summed E-state index contributed by atoms with van der Waals surface area (Å²) >= 11 is 1.78. The predicted molar refractivity (Wildman–Crippen MR) is 80.7 cm³/mol. The van der Waals surface area contributed by atoms with Gasteiger partial charge >= 0.3 is 6.03 Å². The number of aromatic nitrogens is 2. The second kappa shape index (κ2) is 6.26. The summed E-state index contributed by atoms with van der Waals surface area (Å²) in [6.07, 6.45) is 5.54. The van der Waals surface area contributed by atoms with Gasteiger partial charge in [0.2, 0.25) is 5.88 Å². The molecule has 7 heteroatoms. The standard InChI is InChI=1S/C14H18N4O2S/c1-9-8-12(20-18-9)17-14(19)15-7-6-13-16-10-4-2-3-5-11(10)21-13/h8H,2-7H2,1H3,(H2,15,17,19). The summed E-state index contributed by atoms with van der Waals surface area (Å²) in [5.74, 6) is 0.356. The summed E-state index contributed by atoms with van der Waals surface area (Å²) in [7, 11) is 0. The number of carbonyl (C=O) groups excluding carboxylic acids is 1. The quantitative estimate of drug-likeness (QED) is 0.910. The van der Waals surface area contributed by atoms with Crippen LogP contribution >= 0.6 is 11.3 Å². The van der Waals surface area contributed by atoms with Gasteiger partial charge in [0, 0.05) is 23.9 Å². The van der Waals surface area contributed by atoms with Crippen molar-refractivity contribution >= 4 is 23.3 Å². The lowest BCUT2D eigenvalue weighted by molar-refractivity contribution is 0.251. The van der Waals surface area contributed by atoms with Gasteiger partial charge in [-0.25, -0.2) is 9.78 Å². The molecule has 0 aliphatic heterocycles. The first-order valence-corrected chi connectivity index (χ1v) is 7.98. The molecule has 1 aliphatic carbocycles. The maximum absolute atomic E-state index is 11.7. The van der Waals surface area contributed by atoms with Crippen LogP contribution in [0, 0.1) is 6.92 Å². The van der Waals surface area contributed by atoms with Crippen molar-refractivity contribution in [3.8, 4) is 0 Å². The Bertz CT molecular complexity index is 611. The molecule has 2 aromatic rings. The lowest BCUT2D eigenvalue weighted by Gasteiger charge is -2.06. The molecule has 0 radical (unpaired) electrons. The van der Waals surface area contributed by atoms with Crippen molar-refractivity contribution in [1.82, 2.24) is 15.5 Å². The van der Waals surface area contributed by atoms with E-state index in [1.165, 1.54) is 23.4 Å². The van der Waals surface area contributed by atoms with Crippen molar-refractivity contribution in [3.05, 3.63) is 27.3 Å². The average molecular weight is 306 g/mol. The molecule has 0 saturated heterocycles. The van der Waals surface area contributed by atoms with E-state index in [4.69, 9.17) is 4.52 Å². The zero-order valence-electron chi connectivity index (χ0n) is 11.9. The van der Waals surface area contributed by atoms with E-state index in [2.05, 4.69) is 20.8 Å². The first-order chi connectivity index (χ1) is 10.2. The van der Waals surface area contributed by atoms with E-state index < -0.39 is 0 Å². The Balaban J connectivity index is 1.45. The predicted octanol–water partition coefficient (Wildman–Crippen LogP) is 2.68. The molecular formula is C14H18N4O2S. The molecule has 6 nitrogen and oxygen atoms in total. The number of rotatable bonds is 4. The number of urea groups is 1. The van der Waals surface area contributed by atoms with Gasteiger partial charge in [0.1, 0.15) is 0 Å². The molecule has 0 atom stereocenters. The van der Waals surface area contributed by atoms with Crippen molar-refractivity contribution in [3.63, 3.8) is 0 Å². The number of carbonyl (C=O) groups is 1. The monoisotopic (exact) mass is 306 g/mol. The van der Waals surface area contributed by atoms with E-state index in [1.54, 1.807) is 24.3 Å². The SMILES string of the molecule is Cc1cc(NC(=O)NCCc2nc3c(s2)CCCC3)on1. The van der Waals surface area contributed by atoms with E-state index in [9.17, 15) is 4.79 Å². The number of hydrogen-bond acceptors (Lipinski definition) is 5. The fourth-order valence-corrected chi connectivity index (χ4v) is 3.53. The lowest BCUT2D eigenvalue weighted by Crippen LogP contribution is -2.30. The fraction of sp³-hybridized carbons (Fsp3) is 0.500.